The summed E-state index contributed by atoms with van der Waals surface area (Å²) in [4.78, 5) is 17.4. The maximum absolute atomic E-state index is 11.4. The number of carboxylic acid groups (broad SMARTS) is 1. The first kappa shape index (κ1) is 11.9. The molecule has 0 aromatic carbocycles. The van der Waals surface area contributed by atoms with E-state index in [4.69, 9.17) is 0 Å². The van der Waals surface area contributed by atoms with E-state index in [0.717, 1.165) is 23.6 Å². The summed E-state index contributed by atoms with van der Waals surface area (Å²) in [6.07, 6.45) is 1.48. The van der Waals surface area contributed by atoms with Gasteiger partial charge in [0.1, 0.15) is 18.2 Å². The Labute approximate surface area is 109 Å². The molecule has 0 bridgehead atoms. The van der Waals surface area contributed by atoms with Crippen LogP contribution in [0, 0.1) is 6.92 Å². The second kappa shape index (κ2) is 4.51. The number of hydrogen-bond acceptors (Lipinski definition) is 5. The van der Waals surface area contributed by atoms with Crippen molar-refractivity contribution in [2.75, 3.05) is 24.5 Å². The van der Waals surface area contributed by atoms with E-state index >= 15 is 0 Å². The Balaban J connectivity index is 2.11. The van der Waals surface area contributed by atoms with Crippen molar-refractivity contribution >= 4 is 17.4 Å². The second-order valence-corrected chi connectivity index (χ2v) is 4.67. The molecule has 0 amide bonds. The lowest BCUT2D eigenvalue weighted by molar-refractivity contribution is -0.138. The monoisotopic (exact) mass is 261 g/mol. The van der Waals surface area contributed by atoms with E-state index in [1.54, 1.807) is 4.52 Å². The molecule has 2 aromatic heterocycles. The second-order valence-electron chi connectivity index (χ2n) is 4.67. The number of aromatic nitrogens is 3. The number of hydrogen-bond donors (Lipinski definition) is 2. The lowest BCUT2D eigenvalue weighted by Gasteiger charge is -2.35. The molecular weight excluding hydrogens is 246 g/mol. The number of fused-ring (bicyclic) bond motifs is 1. The number of pyridine rings is 1. The molecule has 3 rings (SSSR count). The molecule has 0 aliphatic carbocycles. The fourth-order valence-corrected chi connectivity index (χ4v) is 2.44. The van der Waals surface area contributed by atoms with E-state index in [0.29, 0.717) is 13.1 Å². The zero-order chi connectivity index (χ0) is 13.4. The molecule has 0 spiro atoms. The molecule has 1 atom stereocenters. The smallest absolute Gasteiger partial charge is 0.327 e. The molecule has 3 heterocycles. The van der Waals surface area contributed by atoms with Gasteiger partial charge in [-0.05, 0) is 24.6 Å². The zero-order valence-electron chi connectivity index (χ0n) is 10.6. The normalized spacial score (nSPS) is 19.8. The lowest BCUT2D eigenvalue weighted by atomic mass is 10.1. The van der Waals surface area contributed by atoms with E-state index in [9.17, 15) is 9.90 Å². The van der Waals surface area contributed by atoms with Crippen molar-refractivity contribution in [3.8, 4) is 0 Å². The van der Waals surface area contributed by atoms with Gasteiger partial charge in [-0.15, -0.1) is 0 Å². The standard InChI is InChI=1S/C12H15N5O2/c1-8-4-10-14-7-15-17(10)11(5-8)16-3-2-13-6-9(16)12(18)19/h4-5,7,9,13H,2-3,6H2,1H3,(H,18,19). The lowest BCUT2D eigenvalue weighted by Crippen LogP contribution is -2.55. The van der Waals surface area contributed by atoms with Gasteiger partial charge in [-0.3, -0.25) is 0 Å². The van der Waals surface area contributed by atoms with Crippen LogP contribution in [0.3, 0.4) is 0 Å². The van der Waals surface area contributed by atoms with Crippen LogP contribution in [0.5, 0.6) is 0 Å². The van der Waals surface area contributed by atoms with Crippen molar-refractivity contribution in [3.63, 3.8) is 0 Å². The van der Waals surface area contributed by atoms with Gasteiger partial charge in [0.25, 0.3) is 0 Å². The van der Waals surface area contributed by atoms with E-state index in [2.05, 4.69) is 15.4 Å². The number of rotatable bonds is 2. The number of aliphatic carboxylic acids is 1. The maximum Gasteiger partial charge on any atom is 0.327 e. The molecule has 0 radical (unpaired) electrons. The predicted molar refractivity (Wildman–Crippen MR) is 69.4 cm³/mol. The first-order valence-corrected chi connectivity index (χ1v) is 6.17. The van der Waals surface area contributed by atoms with Gasteiger partial charge in [0.2, 0.25) is 0 Å². The van der Waals surface area contributed by atoms with Crippen LogP contribution in [0.25, 0.3) is 5.65 Å². The van der Waals surface area contributed by atoms with E-state index < -0.39 is 12.0 Å². The summed E-state index contributed by atoms with van der Waals surface area (Å²) in [6.45, 7) is 3.79. The Bertz CT molecular complexity index is 624. The van der Waals surface area contributed by atoms with Crippen molar-refractivity contribution in [2.24, 2.45) is 0 Å². The largest absolute Gasteiger partial charge is 0.480 e. The Kier molecular flexibility index (Phi) is 2.83. The predicted octanol–water partition coefficient (Wildman–Crippen LogP) is -0.0995. The SMILES string of the molecule is Cc1cc(N2CCNCC2C(=O)O)n2ncnc2c1. The Morgan fingerprint density at radius 2 is 2.37 bits per heavy atom. The number of piperazine rings is 1. The molecule has 1 saturated heterocycles. The number of nitrogens with one attached hydrogen (secondary N) is 1. The van der Waals surface area contributed by atoms with E-state index in [1.165, 1.54) is 6.33 Å². The van der Waals surface area contributed by atoms with Crippen molar-refractivity contribution in [1.82, 2.24) is 19.9 Å². The summed E-state index contributed by atoms with van der Waals surface area (Å²) in [5, 5.41) is 16.6. The molecule has 19 heavy (non-hydrogen) atoms. The average Bonchev–Trinajstić information content (AvgIpc) is 2.85. The molecule has 7 heteroatoms. The highest BCUT2D eigenvalue weighted by atomic mass is 16.4. The van der Waals surface area contributed by atoms with Crippen molar-refractivity contribution < 1.29 is 9.90 Å². The number of carbonyl (C=O) groups is 1. The molecule has 7 nitrogen and oxygen atoms in total. The fraction of sp³-hybridized carbons (Fsp3) is 0.417. The van der Waals surface area contributed by atoms with Crippen LogP contribution in [0.4, 0.5) is 5.82 Å². The molecule has 1 aliphatic rings. The molecule has 0 saturated carbocycles. The molecule has 1 aliphatic heterocycles. The minimum atomic E-state index is -0.832. The molecular formula is C12H15N5O2. The highest BCUT2D eigenvalue weighted by molar-refractivity contribution is 5.78. The number of carboxylic acids is 1. The third kappa shape index (κ3) is 2.01. The van der Waals surface area contributed by atoms with E-state index in [-0.39, 0.29) is 0 Å². The maximum atomic E-state index is 11.4. The number of aryl methyl sites for hydroxylation is 1. The zero-order valence-corrected chi connectivity index (χ0v) is 10.6. The average molecular weight is 261 g/mol. The van der Waals surface area contributed by atoms with Crippen LogP contribution in [0.2, 0.25) is 0 Å². The van der Waals surface area contributed by atoms with Gasteiger partial charge in [-0.25, -0.2) is 9.78 Å². The van der Waals surface area contributed by atoms with Crippen LogP contribution < -0.4 is 10.2 Å². The van der Waals surface area contributed by atoms with Crippen LogP contribution in [0.1, 0.15) is 5.56 Å². The summed E-state index contributed by atoms with van der Waals surface area (Å²) in [6, 6.07) is 3.29. The Morgan fingerprint density at radius 3 is 3.16 bits per heavy atom. The fourth-order valence-electron chi connectivity index (χ4n) is 2.44. The topological polar surface area (TPSA) is 82.8 Å². The van der Waals surface area contributed by atoms with Crippen molar-refractivity contribution in [1.29, 1.82) is 0 Å². The van der Waals surface area contributed by atoms with Crippen LogP contribution >= 0.6 is 0 Å². The highest BCUT2D eigenvalue weighted by Crippen LogP contribution is 2.21. The molecule has 100 valence electrons. The number of nitrogens with zero attached hydrogens (tertiary/aromatic N) is 4. The van der Waals surface area contributed by atoms with Crippen LogP contribution in [0.15, 0.2) is 18.5 Å². The summed E-state index contributed by atoms with van der Waals surface area (Å²) in [7, 11) is 0. The minimum absolute atomic E-state index is 0.430. The molecule has 1 unspecified atom stereocenters. The number of anilines is 1. The van der Waals surface area contributed by atoms with Gasteiger partial charge in [0.05, 0.1) is 0 Å². The summed E-state index contributed by atoms with van der Waals surface area (Å²) >= 11 is 0. The summed E-state index contributed by atoms with van der Waals surface area (Å²) in [5.74, 6) is -0.0524. The van der Waals surface area contributed by atoms with Gasteiger partial charge < -0.3 is 15.3 Å². The molecule has 1 fully saturated rings. The first-order chi connectivity index (χ1) is 9.16. The van der Waals surface area contributed by atoms with Crippen molar-refractivity contribution in [3.05, 3.63) is 24.0 Å². The third-order valence-corrected chi connectivity index (χ3v) is 3.33. The summed E-state index contributed by atoms with van der Waals surface area (Å²) < 4.78 is 1.69. The Morgan fingerprint density at radius 1 is 1.53 bits per heavy atom. The highest BCUT2D eigenvalue weighted by Gasteiger charge is 2.30. The van der Waals surface area contributed by atoms with Crippen LogP contribution in [-0.2, 0) is 4.79 Å². The van der Waals surface area contributed by atoms with Gasteiger partial charge >= 0.3 is 5.97 Å². The van der Waals surface area contributed by atoms with Gasteiger partial charge in [-0.2, -0.15) is 9.61 Å². The van der Waals surface area contributed by atoms with Crippen molar-refractivity contribution in [2.45, 2.75) is 13.0 Å². The quantitative estimate of drug-likeness (QED) is 0.785. The first-order valence-electron chi connectivity index (χ1n) is 6.17. The molecule has 2 aromatic rings. The minimum Gasteiger partial charge on any atom is -0.480 e. The summed E-state index contributed by atoms with van der Waals surface area (Å²) in [5.41, 5.74) is 1.77. The third-order valence-electron chi connectivity index (χ3n) is 3.33. The van der Waals surface area contributed by atoms with Crippen LogP contribution in [-0.4, -0.2) is 51.4 Å². The van der Waals surface area contributed by atoms with Gasteiger partial charge in [0.15, 0.2) is 5.65 Å². The van der Waals surface area contributed by atoms with Gasteiger partial charge in [0, 0.05) is 19.6 Å². The van der Waals surface area contributed by atoms with Gasteiger partial charge in [-0.1, -0.05) is 0 Å². The van der Waals surface area contributed by atoms with E-state index in [1.807, 2.05) is 24.0 Å². The Hall–Kier alpha value is -2.15. The molecule has 2 N–H and O–H groups in total.